The molecule has 2 rings (SSSR count). The molecule has 0 atom stereocenters. The Hall–Kier alpha value is -1.59. The third kappa shape index (κ3) is 2.25. The zero-order valence-corrected chi connectivity index (χ0v) is 9.27. The molecule has 1 aliphatic rings. The number of rotatable bonds is 3. The number of nitrogen functional groups attached to an aromatic ring is 1. The summed E-state index contributed by atoms with van der Waals surface area (Å²) < 4.78 is 43.2. The second-order valence-electron chi connectivity index (χ2n) is 4.20. The van der Waals surface area contributed by atoms with Gasteiger partial charge in [-0.25, -0.2) is 0 Å². The molecule has 0 aliphatic heterocycles. The molecule has 3 nitrogen and oxygen atoms in total. The van der Waals surface area contributed by atoms with Gasteiger partial charge in [-0.2, -0.15) is 13.2 Å². The number of nitrogens with one attached hydrogen (secondary N) is 1. The van der Waals surface area contributed by atoms with Gasteiger partial charge in [0.2, 0.25) is 0 Å². The van der Waals surface area contributed by atoms with Gasteiger partial charge >= 0.3 is 6.18 Å². The van der Waals surface area contributed by atoms with Crippen LogP contribution in [-0.4, -0.2) is 18.8 Å². The molecule has 0 aromatic heterocycles. The van der Waals surface area contributed by atoms with Crippen LogP contribution in [0.1, 0.15) is 12.8 Å². The number of hydrogen-bond donors (Lipinski definition) is 2. The Morgan fingerprint density at radius 1 is 1.29 bits per heavy atom. The zero-order chi connectivity index (χ0) is 12.7. The molecular formula is C11H13F3N2O. The fourth-order valence-corrected chi connectivity index (χ4v) is 1.69. The van der Waals surface area contributed by atoms with Crippen LogP contribution in [0.15, 0.2) is 18.2 Å². The number of methoxy groups -OCH3 is 1. The van der Waals surface area contributed by atoms with Crippen molar-refractivity contribution in [1.82, 2.24) is 0 Å². The van der Waals surface area contributed by atoms with Crippen LogP contribution in [0.2, 0.25) is 0 Å². The highest BCUT2D eigenvalue weighted by Gasteiger charge is 2.63. The molecule has 0 radical (unpaired) electrons. The summed E-state index contributed by atoms with van der Waals surface area (Å²) in [4.78, 5) is 0. The predicted octanol–water partition coefficient (Wildman–Crippen LogP) is 2.78. The number of alkyl halides is 3. The number of ether oxygens (including phenoxy) is 1. The maximum Gasteiger partial charge on any atom is 0.411 e. The third-order valence-electron chi connectivity index (χ3n) is 2.84. The lowest BCUT2D eigenvalue weighted by Crippen LogP contribution is -2.38. The SMILES string of the molecule is COc1cc(N)cc(NC2(C(F)(F)F)CC2)c1. The van der Waals surface area contributed by atoms with E-state index in [9.17, 15) is 13.2 Å². The Morgan fingerprint density at radius 2 is 1.94 bits per heavy atom. The monoisotopic (exact) mass is 246 g/mol. The average molecular weight is 246 g/mol. The summed E-state index contributed by atoms with van der Waals surface area (Å²) in [6.45, 7) is 0. The number of nitrogens with two attached hydrogens (primary N) is 1. The summed E-state index contributed by atoms with van der Waals surface area (Å²) in [5.74, 6) is 0.436. The predicted molar refractivity (Wildman–Crippen MR) is 59.0 cm³/mol. The lowest BCUT2D eigenvalue weighted by atomic mass is 10.2. The quantitative estimate of drug-likeness (QED) is 0.806. The first-order chi connectivity index (χ1) is 7.86. The first-order valence-electron chi connectivity index (χ1n) is 5.16. The lowest BCUT2D eigenvalue weighted by molar-refractivity contribution is -0.151. The Kier molecular flexibility index (Phi) is 2.60. The van der Waals surface area contributed by atoms with E-state index in [-0.39, 0.29) is 12.8 Å². The van der Waals surface area contributed by atoms with E-state index in [1.165, 1.54) is 19.2 Å². The van der Waals surface area contributed by atoms with Gasteiger partial charge in [-0.05, 0) is 18.9 Å². The van der Waals surface area contributed by atoms with Crippen LogP contribution in [0.4, 0.5) is 24.5 Å². The normalized spacial score (nSPS) is 17.6. The zero-order valence-electron chi connectivity index (χ0n) is 9.27. The van der Waals surface area contributed by atoms with Gasteiger partial charge in [0.25, 0.3) is 0 Å². The van der Waals surface area contributed by atoms with Gasteiger partial charge in [-0.15, -0.1) is 0 Å². The van der Waals surface area contributed by atoms with Crippen molar-refractivity contribution in [3.8, 4) is 5.75 Å². The standard InChI is InChI=1S/C11H13F3N2O/c1-17-9-5-7(15)4-8(6-9)16-10(2-3-10)11(12,13)14/h4-6,16H,2-3,15H2,1H3. The highest BCUT2D eigenvalue weighted by Crippen LogP contribution is 2.51. The minimum atomic E-state index is -4.25. The summed E-state index contributed by atoms with van der Waals surface area (Å²) in [5.41, 5.74) is 4.49. The fourth-order valence-electron chi connectivity index (χ4n) is 1.69. The minimum Gasteiger partial charge on any atom is -0.497 e. The van der Waals surface area contributed by atoms with Crippen LogP contribution in [0, 0.1) is 0 Å². The molecule has 6 heteroatoms. The van der Waals surface area contributed by atoms with Crippen molar-refractivity contribution >= 4 is 11.4 Å². The first kappa shape index (κ1) is 11.9. The summed E-state index contributed by atoms with van der Waals surface area (Å²) in [5, 5.41) is 2.50. The van der Waals surface area contributed by atoms with Crippen molar-refractivity contribution in [2.75, 3.05) is 18.2 Å². The van der Waals surface area contributed by atoms with Crippen LogP contribution in [0.5, 0.6) is 5.75 Å². The molecule has 94 valence electrons. The van der Waals surface area contributed by atoms with E-state index >= 15 is 0 Å². The van der Waals surface area contributed by atoms with Gasteiger partial charge in [-0.1, -0.05) is 0 Å². The van der Waals surface area contributed by atoms with Gasteiger partial charge in [0, 0.05) is 23.5 Å². The summed E-state index contributed by atoms with van der Waals surface area (Å²) >= 11 is 0. The highest BCUT2D eigenvalue weighted by molar-refractivity contribution is 5.61. The van der Waals surface area contributed by atoms with E-state index in [0.29, 0.717) is 17.1 Å². The van der Waals surface area contributed by atoms with E-state index in [1.807, 2.05) is 0 Å². The van der Waals surface area contributed by atoms with Crippen molar-refractivity contribution in [2.45, 2.75) is 24.6 Å². The molecule has 0 saturated heterocycles. The topological polar surface area (TPSA) is 47.3 Å². The van der Waals surface area contributed by atoms with E-state index in [4.69, 9.17) is 10.5 Å². The summed E-state index contributed by atoms with van der Waals surface area (Å²) in [6, 6.07) is 4.52. The maximum absolute atomic E-state index is 12.7. The molecule has 0 amide bonds. The number of benzene rings is 1. The molecule has 1 fully saturated rings. The van der Waals surface area contributed by atoms with E-state index in [0.717, 1.165) is 0 Å². The molecular weight excluding hydrogens is 233 g/mol. The first-order valence-corrected chi connectivity index (χ1v) is 5.16. The maximum atomic E-state index is 12.7. The van der Waals surface area contributed by atoms with E-state index < -0.39 is 11.7 Å². The summed E-state index contributed by atoms with van der Waals surface area (Å²) in [7, 11) is 1.44. The Bertz CT molecular complexity index is 427. The lowest BCUT2D eigenvalue weighted by Gasteiger charge is -2.22. The Labute approximate surface area is 96.8 Å². The van der Waals surface area contributed by atoms with Crippen molar-refractivity contribution in [3.63, 3.8) is 0 Å². The molecule has 1 saturated carbocycles. The minimum absolute atomic E-state index is 0.0909. The summed E-state index contributed by atoms with van der Waals surface area (Å²) in [6.07, 6.45) is -4.06. The van der Waals surface area contributed by atoms with Crippen LogP contribution in [-0.2, 0) is 0 Å². The molecule has 0 bridgehead atoms. The number of hydrogen-bond acceptors (Lipinski definition) is 3. The van der Waals surface area contributed by atoms with Gasteiger partial charge in [0.1, 0.15) is 11.3 Å². The van der Waals surface area contributed by atoms with Crippen molar-refractivity contribution in [2.24, 2.45) is 0 Å². The Morgan fingerprint density at radius 3 is 2.41 bits per heavy atom. The molecule has 1 aromatic rings. The van der Waals surface area contributed by atoms with Gasteiger partial charge in [0.05, 0.1) is 7.11 Å². The van der Waals surface area contributed by atoms with E-state index in [2.05, 4.69) is 5.32 Å². The molecule has 0 unspecified atom stereocenters. The third-order valence-corrected chi connectivity index (χ3v) is 2.84. The van der Waals surface area contributed by atoms with Crippen LogP contribution < -0.4 is 15.8 Å². The van der Waals surface area contributed by atoms with Gasteiger partial charge in [-0.3, -0.25) is 0 Å². The fraction of sp³-hybridized carbons (Fsp3) is 0.455. The van der Waals surface area contributed by atoms with Crippen molar-refractivity contribution in [3.05, 3.63) is 18.2 Å². The van der Waals surface area contributed by atoms with Crippen LogP contribution in [0.25, 0.3) is 0 Å². The van der Waals surface area contributed by atoms with Crippen LogP contribution in [0.3, 0.4) is 0 Å². The molecule has 17 heavy (non-hydrogen) atoms. The van der Waals surface area contributed by atoms with Gasteiger partial charge < -0.3 is 15.8 Å². The molecule has 3 N–H and O–H groups in total. The highest BCUT2D eigenvalue weighted by atomic mass is 19.4. The second-order valence-corrected chi connectivity index (χ2v) is 4.20. The van der Waals surface area contributed by atoms with E-state index in [1.54, 1.807) is 6.07 Å². The Balaban J connectivity index is 2.22. The second kappa shape index (κ2) is 3.72. The number of halogens is 3. The molecule has 1 aliphatic carbocycles. The van der Waals surface area contributed by atoms with Crippen molar-refractivity contribution in [1.29, 1.82) is 0 Å². The largest absolute Gasteiger partial charge is 0.497 e. The molecule has 1 aromatic carbocycles. The molecule has 0 heterocycles. The van der Waals surface area contributed by atoms with Crippen LogP contribution >= 0.6 is 0 Å². The molecule has 0 spiro atoms. The smallest absolute Gasteiger partial charge is 0.411 e. The van der Waals surface area contributed by atoms with Gasteiger partial charge in [0.15, 0.2) is 0 Å². The average Bonchev–Trinajstić information content (AvgIpc) is 2.97. The number of anilines is 2. The van der Waals surface area contributed by atoms with Crippen molar-refractivity contribution < 1.29 is 17.9 Å².